The second-order valence-electron chi connectivity index (χ2n) is 4.96. The maximum atomic E-state index is 5.85. The van der Waals surface area contributed by atoms with Crippen molar-refractivity contribution in [2.45, 2.75) is 33.1 Å². The number of rotatable bonds is 7. The van der Waals surface area contributed by atoms with Crippen LogP contribution >= 0.6 is 0 Å². The topological polar surface area (TPSA) is 47.0 Å². The smallest absolute Gasteiger partial charge is 0.221 e. The zero-order valence-corrected chi connectivity index (χ0v) is 13.0. The summed E-state index contributed by atoms with van der Waals surface area (Å²) in [6.07, 6.45) is 2.80. The Morgan fingerprint density at radius 2 is 1.90 bits per heavy atom. The van der Waals surface area contributed by atoms with E-state index < -0.39 is 0 Å². The summed E-state index contributed by atoms with van der Waals surface area (Å²) in [6.45, 7) is 4.69. The standard InChI is InChI=1S/C17H23N3O/c1-4-15-19-16(18-3)13(2)17(20-15)21-12-8-11-14-9-6-5-7-10-14/h5-7,9-10H,4,8,11-12H2,1-3H3,(H,18,19,20). The Hall–Kier alpha value is -2.10. The van der Waals surface area contributed by atoms with Crippen molar-refractivity contribution in [3.63, 3.8) is 0 Å². The van der Waals surface area contributed by atoms with E-state index in [0.29, 0.717) is 12.5 Å². The minimum atomic E-state index is 0.666. The normalized spacial score (nSPS) is 10.4. The number of aryl methyl sites for hydroxylation is 2. The number of nitrogens with one attached hydrogen (secondary N) is 1. The monoisotopic (exact) mass is 285 g/mol. The van der Waals surface area contributed by atoms with Gasteiger partial charge in [-0.1, -0.05) is 37.3 Å². The van der Waals surface area contributed by atoms with Crippen LogP contribution in [0.2, 0.25) is 0 Å². The van der Waals surface area contributed by atoms with E-state index in [-0.39, 0.29) is 0 Å². The Labute approximate surface area is 126 Å². The first-order valence-corrected chi connectivity index (χ1v) is 7.46. The fourth-order valence-corrected chi connectivity index (χ4v) is 2.17. The van der Waals surface area contributed by atoms with E-state index in [4.69, 9.17) is 4.74 Å². The lowest BCUT2D eigenvalue weighted by Gasteiger charge is -2.12. The molecule has 2 rings (SSSR count). The highest BCUT2D eigenvalue weighted by molar-refractivity contribution is 5.48. The molecule has 0 bridgehead atoms. The van der Waals surface area contributed by atoms with Crippen molar-refractivity contribution in [2.75, 3.05) is 19.0 Å². The van der Waals surface area contributed by atoms with E-state index in [1.165, 1.54) is 5.56 Å². The van der Waals surface area contributed by atoms with Crippen LogP contribution in [0.3, 0.4) is 0 Å². The lowest BCUT2D eigenvalue weighted by Crippen LogP contribution is -2.08. The number of nitrogens with zero attached hydrogens (tertiary/aromatic N) is 2. The average molecular weight is 285 g/mol. The molecule has 0 fully saturated rings. The van der Waals surface area contributed by atoms with Gasteiger partial charge in [-0.25, -0.2) is 4.98 Å². The molecule has 1 aromatic heterocycles. The molecule has 1 heterocycles. The second kappa shape index (κ2) is 7.62. The summed E-state index contributed by atoms with van der Waals surface area (Å²) in [5.41, 5.74) is 2.31. The molecule has 0 unspecified atom stereocenters. The average Bonchev–Trinajstić information content (AvgIpc) is 2.54. The third-order valence-electron chi connectivity index (χ3n) is 3.39. The number of aromatic nitrogens is 2. The number of hydrogen-bond donors (Lipinski definition) is 1. The Morgan fingerprint density at radius 3 is 2.57 bits per heavy atom. The van der Waals surface area contributed by atoms with Crippen molar-refractivity contribution in [2.24, 2.45) is 0 Å². The van der Waals surface area contributed by atoms with Gasteiger partial charge >= 0.3 is 0 Å². The van der Waals surface area contributed by atoms with Crippen LogP contribution in [0.15, 0.2) is 30.3 Å². The third-order valence-corrected chi connectivity index (χ3v) is 3.39. The molecule has 0 aliphatic heterocycles. The summed E-state index contributed by atoms with van der Waals surface area (Å²) in [7, 11) is 1.87. The number of anilines is 1. The van der Waals surface area contributed by atoms with Gasteiger partial charge in [0.25, 0.3) is 0 Å². The van der Waals surface area contributed by atoms with E-state index in [1.54, 1.807) is 0 Å². The minimum absolute atomic E-state index is 0.666. The molecule has 0 atom stereocenters. The molecule has 1 N–H and O–H groups in total. The molecule has 21 heavy (non-hydrogen) atoms. The molecular formula is C17H23N3O. The molecule has 1 aromatic carbocycles. The molecule has 0 aliphatic carbocycles. The lowest BCUT2D eigenvalue weighted by atomic mass is 10.1. The molecular weight excluding hydrogens is 262 g/mol. The lowest BCUT2D eigenvalue weighted by molar-refractivity contribution is 0.295. The van der Waals surface area contributed by atoms with Crippen molar-refractivity contribution >= 4 is 5.82 Å². The first-order valence-electron chi connectivity index (χ1n) is 7.46. The van der Waals surface area contributed by atoms with Gasteiger partial charge in [-0.05, 0) is 25.3 Å². The summed E-state index contributed by atoms with van der Waals surface area (Å²) < 4.78 is 5.85. The number of ether oxygens (including phenoxy) is 1. The predicted octanol–water partition coefficient (Wildman–Crippen LogP) is 3.40. The Bertz CT molecular complexity index is 570. The highest BCUT2D eigenvalue weighted by Gasteiger charge is 2.10. The third kappa shape index (κ3) is 4.18. The maximum absolute atomic E-state index is 5.85. The number of benzene rings is 1. The largest absolute Gasteiger partial charge is 0.477 e. The van der Waals surface area contributed by atoms with E-state index in [1.807, 2.05) is 27.0 Å². The van der Waals surface area contributed by atoms with Crippen molar-refractivity contribution in [3.05, 3.63) is 47.3 Å². The second-order valence-corrected chi connectivity index (χ2v) is 4.96. The molecule has 0 aliphatic rings. The Morgan fingerprint density at radius 1 is 1.14 bits per heavy atom. The fraction of sp³-hybridized carbons (Fsp3) is 0.412. The van der Waals surface area contributed by atoms with Crippen molar-refractivity contribution in [3.8, 4) is 5.88 Å². The van der Waals surface area contributed by atoms with Gasteiger partial charge < -0.3 is 10.1 Å². The zero-order valence-electron chi connectivity index (χ0n) is 13.0. The molecule has 0 saturated carbocycles. The molecule has 2 aromatic rings. The van der Waals surface area contributed by atoms with Crippen LogP contribution in [-0.2, 0) is 12.8 Å². The van der Waals surface area contributed by atoms with Gasteiger partial charge in [0.1, 0.15) is 11.6 Å². The summed E-state index contributed by atoms with van der Waals surface area (Å²) in [4.78, 5) is 8.91. The van der Waals surface area contributed by atoms with Gasteiger partial charge in [0, 0.05) is 13.5 Å². The van der Waals surface area contributed by atoms with Gasteiger partial charge in [-0.3, -0.25) is 0 Å². The van der Waals surface area contributed by atoms with Crippen molar-refractivity contribution in [1.29, 1.82) is 0 Å². The summed E-state index contributed by atoms with van der Waals surface area (Å²) in [5, 5.41) is 3.10. The first kappa shape index (κ1) is 15.3. The van der Waals surface area contributed by atoms with Gasteiger partial charge in [-0.15, -0.1) is 0 Å². The molecule has 0 spiro atoms. The van der Waals surface area contributed by atoms with Crippen LogP contribution in [0.5, 0.6) is 5.88 Å². The van der Waals surface area contributed by atoms with E-state index in [2.05, 4.69) is 39.6 Å². The van der Waals surface area contributed by atoms with Crippen molar-refractivity contribution < 1.29 is 4.74 Å². The van der Waals surface area contributed by atoms with E-state index in [0.717, 1.165) is 36.5 Å². The summed E-state index contributed by atoms with van der Waals surface area (Å²) >= 11 is 0. The highest BCUT2D eigenvalue weighted by Crippen LogP contribution is 2.22. The zero-order chi connectivity index (χ0) is 15.1. The Kier molecular flexibility index (Phi) is 5.55. The number of hydrogen-bond acceptors (Lipinski definition) is 4. The quantitative estimate of drug-likeness (QED) is 0.792. The predicted molar refractivity (Wildman–Crippen MR) is 86.0 cm³/mol. The van der Waals surface area contributed by atoms with Crippen LogP contribution in [0.4, 0.5) is 5.82 Å². The van der Waals surface area contributed by atoms with Gasteiger partial charge in [0.05, 0.1) is 12.2 Å². The molecule has 112 valence electrons. The van der Waals surface area contributed by atoms with Crippen molar-refractivity contribution in [1.82, 2.24) is 9.97 Å². The van der Waals surface area contributed by atoms with Crippen LogP contribution in [0, 0.1) is 6.92 Å². The van der Waals surface area contributed by atoms with Gasteiger partial charge in [0.15, 0.2) is 0 Å². The van der Waals surface area contributed by atoms with Crippen LogP contribution in [0.1, 0.15) is 30.3 Å². The molecule has 0 amide bonds. The Balaban J connectivity index is 1.93. The van der Waals surface area contributed by atoms with Gasteiger partial charge in [0.2, 0.25) is 5.88 Å². The fourth-order valence-electron chi connectivity index (χ4n) is 2.17. The minimum Gasteiger partial charge on any atom is -0.477 e. The first-order chi connectivity index (χ1) is 10.2. The van der Waals surface area contributed by atoms with E-state index >= 15 is 0 Å². The molecule has 0 radical (unpaired) electrons. The van der Waals surface area contributed by atoms with Gasteiger partial charge in [-0.2, -0.15) is 4.98 Å². The molecule has 0 saturated heterocycles. The summed E-state index contributed by atoms with van der Waals surface area (Å²) in [6, 6.07) is 10.5. The SMILES string of the molecule is CCc1nc(NC)c(C)c(OCCCc2ccccc2)n1. The molecule has 4 nitrogen and oxygen atoms in total. The van der Waals surface area contributed by atoms with Crippen LogP contribution in [0.25, 0.3) is 0 Å². The van der Waals surface area contributed by atoms with Crippen LogP contribution < -0.4 is 10.1 Å². The maximum Gasteiger partial charge on any atom is 0.221 e. The van der Waals surface area contributed by atoms with E-state index in [9.17, 15) is 0 Å². The molecule has 4 heteroatoms. The summed E-state index contributed by atoms with van der Waals surface area (Å²) in [5.74, 6) is 2.35. The van der Waals surface area contributed by atoms with Crippen LogP contribution in [-0.4, -0.2) is 23.6 Å². The highest BCUT2D eigenvalue weighted by atomic mass is 16.5.